The molecule has 0 bridgehead atoms. The Morgan fingerprint density at radius 3 is 1.67 bits per heavy atom. The van der Waals surface area contributed by atoms with Crippen molar-refractivity contribution >= 4 is 0 Å². The Balaban J connectivity index is 2.80. The SMILES string of the molecule is CO[C@H]1O[C@@H](C)[C@H](OC)[C@@H](OC)[C@H]1OC. The lowest BCUT2D eigenvalue weighted by Crippen LogP contribution is -2.59. The monoisotopic (exact) mass is 220 g/mol. The summed E-state index contributed by atoms with van der Waals surface area (Å²) in [6.45, 7) is 1.93. The largest absolute Gasteiger partial charge is 0.376 e. The topological polar surface area (TPSA) is 46.2 Å². The molecule has 15 heavy (non-hydrogen) atoms. The number of ether oxygens (including phenoxy) is 5. The number of rotatable bonds is 4. The minimum Gasteiger partial charge on any atom is -0.376 e. The second-order valence-electron chi connectivity index (χ2n) is 3.55. The van der Waals surface area contributed by atoms with Crippen LogP contribution in [0, 0.1) is 0 Å². The maximum Gasteiger partial charge on any atom is 0.186 e. The molecular weight excluding hydrogens is 200 g/mol. The van der Waals surface area contributed by atoms with Gasteiger partial charge in [-0.3, -0.25) is 0 Å². The minimum absolute atomic E-state index is 0.0868. The van der Waals surface area contributed by atoms with Gasteiger partial charge in [0.25, 0.3) is 0 Å². The molecule has 5 heteroatoms. The van der Waals surface area contributed by atoms with Crippen molar-refractivity contribution in [1.82, 2.24) is 0 Å². The third-order valence-corrected chi connectivity index (χ3v) is 2.78. The highest BCUT2D eigenvalue weighted by molar-refractivity contribution is 4.90. The van der Waals surface area contributed by atoms with E-state index in [4.69, 9.17) is 23.7 Å². The normalized spacial score (nSPS) is 41.8. The summed E-state index contributed by atoms with van der Waals surface area (Å²) in [5, 5.41) is 0. The molecule has 0 N–H and O–H groups in total. The zero-order valence-electron chi connectivity index (χ0n) is 9.93. The van der Waals surface area contributed by atoms with E-state index in [1.807, 2.05) is 6.92 Å². The average molecular weight is 220 g/mol. The first-order chi connectivity index (χ1) is 7.19. The highest BCUT2D eigenvalue weighted by Crippen LogP contribution is 2.26. The zero-order chi connectivity index (χ0) is 11.4. The minimum atomic E-state index is -0.415. The van der Waals surface area contributed by atoms with Gasteiger partial charge in [0, 0.05) is 28.4 Å². The molecule has 0 saturated carbocycles. The van der Waals surface area contributed by atoms with Gasteiger partial charge in [0.1, 0.15) is 18.3 Å². The molecule has 0 unspecified atom stereocenters. The summed E-state index contributed by atoms with van der Waals surface area (Å²) in [5.74, 6) is 0. The summed E-state index contributed by atoms with van der Waals surface area (Å²) in [6.07, 6.45) is -1.11. The molecule has 5 nitrogen and oxygen atoms in total. The van der Waals surface area contributed by atoms with Crippen molar-refractivity contribution in [2.75, 3.05) is 28.4 Å². The van der Waals surface area contributed by atoms with Gasteiger partial charge in [-0.1, -0.05) is 0 Å². The van der Waals surface area contributed by atoms with Crippen molar-refractivity contribution in [2.24, 2.45) is 0 Å². The second kappa shape index (κ2) is 5.77. The molecule has 0 radical (unpaired) electrons. The van der Waals surface area contributed by atoms with Crippen LogP contribution in [0.5, 0.6) is 0 Å². The Morgan fingerprint density at radius 1 is 0.733 bits per heavy atom. The van der Waals surface area contributed by atoms with Crippen LogP contribution in [0.4, 0.5) is 0 Å². The molecule has 0 aliphatic carbocycles. The molecule has 1 aliphatic rings. The summed E-state index contributed by atoms with van der Waals surface area (Å²) in [5.41, 5.74) is 0. The summed E-state index contributed by atoms with van der Waals surface area (Å²) in [4.78, 5) is 0. The van der Waals surface area contributed by atoms with E-state index in [1.54, 1.807) is 28.4 Å². The molecule has 1 saturated heterocycles. The van der Waals surface area contributed by atoms with E-state index >= 15 is 0 Å². The quantitative estimate of drug-likeness (QED) is 0.687. The van der Waals surface area contributed by atoms with E-state index in [0.29, 0.717) is 0 Å². The van der Waals surface area contributed by atoms with Crippen molar-refractivity contribution in [3.63, 3.8) is 0 Å². The van der Waals surface area contributed by atoms with E-state index in [-0.39, 0.29) is 24.4 Å². The van der Waals surface area contributed by atoms with Gasteiger partial charge in [0.05, 0.1) is 6.10 Å². The standard InChI is InChI=1S/C10H20O5/c1-6-7(11-2)8(12-3)9(13-4)10(14-5)15-6/h6-10H,1-5H3/t6-,7-,8+,9+,10-/m0/s1. The van der Waals surface area contributed by atoms with Crippen LogP contribution in [-0.2, 0) is 23.7 Å². The molecule has 5 atom stereocenters. The smallest absolute Gasteiger partial charge is 0.186 e. The van der Waals surface area contributed by atoms with Gasteiger partial charge in [0.2, 0.25) is 0 Å². The predicted molar refractivity (Wildman–Crippen MR) is 53.7 cm³/mol. The molecule has 0 amide bonds. The van der Waals surface area contributed by atoms with E-state index in [1.165, 1.54) is 0 Å². The lowest BCUT2D eigenvalue weighted by molar-refractivity contribution is -0.298. The Kier molecular flexibility index (Phi) is 4.95. The van der Waals surface area contributed by atoms with Crippen molar-refractivity contribution in [3.8, 4) is 0 Å². The van der Waals surface area contributed by atoms with Gasteiger partial charge < -0.3 is 23.7 Å². The van der Waals surface area contributed by atoms with Gasteiger partial charge >= 0.3 is 0 Å². The molecule has 1 fully saturated rings. The molecular formula is C10H20O5. The zero-order valence-corrected chi connectivity index (χ0v) is 9.93. The van der Waals surface area contributed by atoms with Crippen LogP contribution in [0.3, 0.4) is 0 Å². The Hall–Kier alpha value is -0.200. The predicted octanol–water partition coefficient (Wildman–Crippen LogP) is 0.423. The fourth-order valence-corrected chi connectivity index (χ4v) is 2.00. The summed E-state index contributed by atoms with van der Waals surface area (Å²) >= 11 is 0. The number of hydrogen-bond donors (Lipinski definition) is 0. The van der Waals surface area contributed by atoms with Crippen LogP contribution in [-0.4, -0.2) is 59.1 Å². The molecule has 0 spiro atoms. The molecule has 0 aromatic rings. The van der Waals surface area contributed by atoms with Gasteiger partial charge in [-0.25, -0.2) is 0 Å². The maximum atomic E-state index is 5.62. The summed E-state index contributed by atoms with van der Waals surface area (Å²) in [6, 6.07) is 0. The van der Waals surface area contributed by atoms with Crippen molar-refractivity contribution in [3.05, 3.63) is 0 Å². The molecule has 0 aromatic carbocycles. The molecule has 0 aromatic heterocycles. The van der Waals surface area contributed by atoms with Crippen molar-refractivity contribution in [2.45, 2.75) is 37.6 Å². The van der Waals surface area contributed by atoms with Gasteiger partial charge in [-0.05, 0) is 6.92 Å². The fraction of sp³-hybridized carbons (Fsp3) is 1.00. The second-order valence-corrected chi connectivity index (χ2v) is 3.55. The number of hydrogen-bond acceptors (Lipinski definition) is 5. The third kappa shape index (κ3) is 2.49. The number of methoxy groups -OCH3 is 4. The van der Waals surface area contributed by atoms with E-state index < -0.39 is 6.29 Å². The first-order valence-corrected chi connectivity index (χ1v) is 4.96. The maximum absolute atomic E-state index is 5.62. The van der Waals surface area contributed by atoms with Crippen molar-refractivity contribution in [1.29, 1.82) is 0 Å². The summed E-state index contributed by atoms with van der Waals surface area (Å²) < 4.78 is 26.9. The van der Waals surface area contributed by atoms with E-state index in [2.05, 4.69) is 0 Å². The van der Waals surface area contributed by atoms with Crippen LogP contribution < -0.4 is 0 Å². The molecule has 1 rings (SSSR count). The molecule has 90 valence electrons. The Labute approximate surface area is 90.6 Å². The third-order valence-electron chi connectivity index (χ3n) is 2.78. The Bertz CT molecular complexity index is 187. The van der Waals surface area contributed by atoms with Crippen LogP contribution in [0.1, 0.15) is 6.92 Å². The van der Waals surface area contributed by atoms with E-state index in [9.17, 15) is 0 Å². The van der Waals surface area contributed by atoms with Crippen molar-refractivity contribution < 1.29 is 23.7 Å². The van der Waals surface area contributed by atoms with Crippen LogP contribution in [0.25, 0.3) is 0 Å². The van der Waals surface area contributed by atoms with Gasteiger partial charge in [0.15, 0.2) is 6.29 Å². The first-order valence-electron chi connectivity index (χ1n) is 4.96. The Morgan fingerprint density at radius 2 is 1.27 bits per heavy atom. The van der Waals surface area contributed by atoms with E-state index in [0.717, 1.165) is 0 Å². The van der Waals surface area contributed by atoms with Crippen LogP contribution in [0.15, 0.2) is 0 Å². The fourth-order valence-electron chi connectivity index (χ4n) is 2.00. The average Bonchev–Trinajstić information content (AvgIpc) is 2.27. The summed E-state index contributed by atoms with van der Waals surface area (Å²) in [7, 11) is 6.46. The van der Waals surface area contributed by atoms with Crippen LogP contribution >= 0.6 is 0 Å². The lowest BCUT2D eigenvalue weighted by Gasteiger charge is -2.43. The van der Waals surface area contributed by atoms with Crippen LogP contribution in [0.2, 0.25) is 0 Å². The highest BCUT2D eigenvalue weighted by Gasteiger charge is 2.45. The molecule has 1 aliphatic heterocycles. The lowest BCUT2D eigenvalue weighted by atomic mass is 9.99. The van der Waals surface area contributed by atoms with Gasteiger partial charge in [-0.15, -0.1) is 0 Å². The van der Waals surface area contributed by atoms with Gasteiger partial charge in [-0.2, -0.15) is 0 Å². The molecule has 1 heterocycles. The highest BCUT2D eigenvalue weighted by atomic mass is 16.7. The first kappa shape index (κ1) is 12.9.